The molecule has 3 rings (SSSR count). The molecule has 0 radical (unpaired) electrons. The zero-order chi connectivity index (χ0) is 19.5. The van der Waals surface area contributed by atoms with E-state index in [4.69, 9.17) is 4.74 Å². The molecule has 4 nitrogen and oxygen atoms in total. The van der Waals surface area contributed by atoms with Crippen molar-refractivity contribution in [3.63, 3.8) is 0 Å². The van der Waals surface area contributed by atoms with Crippen molar-refractivity contribution < 1.29 is 14.3 Å². The Morgan fingerprint density at radius 3 is 2.07 bits per heavy atom. The number of benzene rings is 2. The van der Waals surface area contributed by atoms with Crippen LogP contribution in [0.3, 0.4) is 0 Å². The predicted molar refractivity (Wildman–Crippen MR) is 105 cm³/mol. The SMILES string of the molecule is CC(C)(C)OC(=O)C1(C(Cc2ccccc2)NC(=O)c2ccccc2)CC1. The summed E-state index contributed by atoms with van der Waals surface area (Å²) in [5, 5.41) is 3.11. The van der Waals surface area contributed by atoms with Crippen molar-refractivity contribution >= 4 is 11.9 Å². The third-order valence-corrected chi connectivity index (χ3v) is 4.89. The highest BCUT2D eigenvalue weighted by Crippen LogP contribution is 2.51. The number of hydrogen-bond acceptors (Lipinski definition) is 3. The van der Waals surface area contributed by atoms with Crippen LogP contribution in [0.25, 0.3) is 0 Å². The lowest BCUT2D eigenvalue weighted by atomic mass is 9.90. The Labute approximate surface area is 160 Å². The van der Waals surface area contributed by atoms with E-state index in [9.17, 15) is 9.59 Å². The Kier molecular flexibility index (Phi) is 5.36. The summed E-state index contributed by atoms with van der Waals surface area (Å²) in [6.45, 7) is 5.61. The van der Waals surface area contributed by atoms with Gasteiger partial charge in [-0.1, -0.05) is 48.5 Å². The molecule has 1 unspecified atom stereocenters. The number of carbonyl (C=O) groups excluding carboxylic acids is 2. The zero-order valence-electron chi connectivity index (χ0n) is 16.2. The van der Waals surface area contributed by atoms with E-state index >= 15 is 0 Å². The highest BCUT2D eigenvalue weighted by atomic mass is 16.6. The van der Waals surface area contributed by atoms with Crippen LogP contribution in [0.1, 0.15) is 49.5 Å². The van der Waals surface area contributed by atoms with E-state index in [0.29, 0.717) is 12.0 Å². The van der Waals surface area contributed by atoms with E-state index in [0.717, 1.165) is 18.4 Å². The molecule has 142 valence electrons. The van der Waals surface area contributed by atoms with Gasteiger partial charge in [-0.25, -0.2) is 0 Å². The van der Waals surface area contributed by atoms with Crippen LogP contribution in [0, 0.1) is 5.41 Å². The molecule has 1 amide bonds. The van der Waals surface area contributed by atoms with Gasteiger partial charge in [0, 0.05) is 11.6 Å². The summed E-state index contributed by atoms with van der Waals surface area (Å²) >= 11 is 0. The highest BCUT2D eigenvalue weighted by Gasteiger charge is 2.58. The smallest absolute Gasteiger partial charge is 0.314 e. The molecule has 1 N–H and O–H groups in total. The van der Waals surface area contributed by atoms with Crippen LogP contribution < -0.4 is 5.32 Å². The van der Waals surface area contributed by atoms with E-state index < -0.39 is 11.0 Å². The van der Waals surface area contributed by atoms with Gasteiger partial charge in [-0.15, -0.1) is 0 Å². The van der Waals surface area contributed by atoms with Gasteiger partial charge >= 0.3 is 5.97 Å². The summed E-state index contributed by atoms with van der Waals surface area (Å²) in [5.41, 5.74) is 0.488. The van der Waals surface area contributed by atoms with Crippen molar-refractivity contribution in [2.45, 2.75) is 51.7 Å². The summed E-state index contributed by atoms with van der Waals surface area (Å²) < 4.78 is 5.68. The minimum atomic E-state index is -0.645. The first-order valence-electron chi connectivity index (χ1n) is 9.43. The topological polar surface area (TPSA) is 55.4 Å². The van der Waals surface area contributed by atoms with Crippen molar-refractivity contribution in [3.8, 4) is 0 Å². The second kappa shape index (κ2) is 7.55. The van der Waals surface area contributed by atoms with Crippen molar-refractivity contribution in [1.29, 1.82) is 0 Å². The molecule has 2 aromatic carbocycles. The van der Waals surface area contributed by atoms with Gasteiger partial charge in [-0.2, -0.15) is 0 Å². The lowest BCUT2D eigenvalue weighted by Gasteiger charge is -2.30. The Morgan fingerprint density at radius 2 is 1.56 bits per heavy atom. The normalized spacial score (nSPS) is 16.3. The fourth-order valence-electron chi connectivity index (χ4n) is 3.27. The van der Waals surface area contributed by atoms with Gasteiger partial charge in [0.2, 0.25) is 0 Å². The number of esters is 1. The van der Waals surface area contributed by atoms with Gasteiger partial charge in [-0.05, 0) is 57.7 Å². The van der Waals surface area contributed by atoms with Crippen molar-refractivity contribution in [1.82, 2.24) is 5.32 Å². The van der Waals surface area contributed by atoms with Gasteiger partial charge in [-0.3, -0.25) is 9.59 Å². The van der Waals surface area contributed by atoms with E-state index in [2.05, 4.69) is 5.32 Å². The molecule has 0 aliphatic heterocycles. The average molecular weight is 365 g/mol. The molecule has 4 heteroatoms. The number of nitrogens with one attached hydrogen (secondary N) is 1. The van der Waals surface area contributed by atoms with Gasteiger partial charge in [0.1, 0.15) is 5.60 Å². The van der Waals surface area contributed by atoms with Crippen LogP contribution in [-0.2, 0) is 16.0 Å². The van der Waals surface area contributed by atoms with Gasteiger partial charge in [0.25, 0.3) is 5.91 Å². The number of amides is 1. The van der Waals surface area contributed by atoms with Crippen LogP contribution in [0.15, 0.2) is 60.7 Å². The molecule has 2 aromatic rings. The monoisotopic (exact) mass is 365 g/mol. The van der Waals surface area contributed by atoms with Crippen molar-refractivity contribution in [2.75, 3.05) is 0 Å². The second-order valence-electron chi connectivity index (χ2n) is 8.24. The maximum atomic E-state index is 12.9. The van der Waals surface area contributed by atoms with Crippen LogP contribution >= 0.6 is 0 Å². The lowest BCUT2D eigenvalue weighted by Crippen LogP contribution is -2.48. The Morgan fingerprint density at radius 1 is 1.00 bits per heavy atom. The third kappa shape index (κ3) is 4.76. The van der Waals surface area contributed by atoms with Crippen LogP contribution in [0.5, 0.6) is 0 Å². The fraction of sp³-hybridized carbons (Fsp3) is 0.391. The fourth-order valence-corrected chi connectivity index (χ4v) is 3.27. The molecule has 1 fully saturated rings. The van der Waals surface area contributed by atoms with Gasteiger partial charge in [0.05, 0.1) is 5.41 Å². The summed E-state index contributed by atoms with van der Waals surface area (Å²) in [6.07, 6.45) is 2.06. The van der Waals surface area contributed by atoms with Crippen molar-refractivity contribution in [3.05, 3.63) is 71.8 Å². The molecule has 1 saturated carbocycles. The molecule has 0 heterocycles. The molecule has 1 aliphatic rings. The minimum Gasteiger partial charge on any atom is -0.459 e. The maximum Gasteiger partial charge on any atom is 0.314 e. The molecule has 1 aliphatic carbocycles. The third-order valence-electron chi connectivity index (χ3n) is 4.89. The van der Waals surface area contributed by atoms with Crippen LogP contribution in [-0.4, -0.2) is 23.5 Å². The summed E-state index contributed by atoms with van der Waals surface area (Å²) in [5.74, 6) is -0.379. The maximum absolute atomic E-state index is 12.9. The number of hydrogen-bond donors (Lipinski definition) is 1. The number of ether oxygens (including phenoxy) is 1. The highest BCUT2D eigenvalue weighted by molar-refractivity contribution is 5.95. The van der Waals surface area contributed by atoms with E-state index in [1.807, 2.05) is 69.3 Å². The average Bonchev–Trinajstić information content (AvgIpc) is 3.43. The second-order valence-corrected chi connectivity index (χ2v) is 8.24. The summed E-state index contributed by atoms with van der Waals surface area (Å²) in [4.78, 5) is 25.7. The van der Waals surface area contributed by atoms with Gasteiger partial charge in [0.15, 0.2) is 0 Å². The largest absolute Gasteiger partial charge is 0.459 e. The summed E-state index contributed by atoms with van der Waals surface area (Å²) in [6, 6.07) is 18.7. The van der Waals surface area contributed by atoms with Gasteiger partial charge < -0.3 is 10.1 Å². The number of carbonyl (C=O) groups is 2. The first-order chi connectivity index (χ1) is 12.8. The molecule has 27 heavy (non-hydrogen) atoms. The van der Waals surface area contributed by atoms with E-state index in [-0.39, 0.29) is 17.9 Å². The van der Waals surface area contributed by atoms with E-state index in [1.54, 1.807) is 12.1 Å². The predicted octanol–water partition coefficient (Wildman–Crippen LogP) is 4.15. The zero-order valence-corrected chi connectivity index (χ0v) is 16.2. The summed E-state index contributed by atoms with van der Waals surface area (Å²) in [7, 11) is 0. The van der Waals surface area contributed by atoms with Crippen molar-refractivity contribution in [2.24, 2.45) is 5.41 Å². The molecule has 0 saturated heterocycles. The standard InChI is InChI=1S/C23H27NO3/c1-22(2,3)27-21(26)23(14-15-23)19(16-17-10-6-4-7-11-17)24-20(25)18-12-8-5-9-13-18/h4-13,19H,14-16H2,1-3H3,(H,24,25). The molecule has 0 bridgehead atoms. The Bertz CT molecular complexity index is 789. The first kappa shape index (κ1) is 19.2. The first-order valence-corrected chi connectivity index (χ1v) is 9.43. The minimum absolute atomic E-state index is 0.161. The molecule has 0 aromatic heterocycles. The molecular weight excluding hydrogens is 338 g/mol. The molecule has 0 spiro atoms. The van der Waals surface area contributed by atoms with Crippen LogP contribution in [0.2, 0.25) is 0 Å². The quantitative estimate of drug-likeness (QED) is 0.783. The molecule has 1 atom stereocenters. The molecular formula is C23H27NO3. The van der Waals surface area contributed by atoms with E-state index in [1.165, 1.54) is 0 Å². The Hall–Kier alpha value is -2.62. The Balaban J connectivity index is 1.84. The number of rotatable bonds is 6. The lowest BCUT2D eigenvalue weighted by molar-refractivity contribution is -0.163. The van der Waals surface area contributed by atoms with Crippen LogP contribution in [0.4, 0.5) is 0 Å².